The summed E-state index contributed by atoms with van der Waals surface area (Å²) in [5, 5.41) is 2.73. The summed E-state index contributed by atoms with van der Waals surface area (Å²) in [7, 11) is 0. The topological polar surface area (TPSA) is 72.7 Å². The molecule has 0 radical (unpaired) electrons. The molecule has 0 bridgehead atoms. The first-order valence-corrected chi connectivity index (χ1v) is 8.08. The minimum Gasteiger partial charge on any atom is -0.322 e. The van der Waals surface area contributed by atoms with E-state index in [1.807, 2.05) is 28.8 Å². The molecule has 0 saturated heterocycles. The molecule has 1 aromatic carbocycles. The van der Waals surface area contributed by atoms with Gasteiger partial charge in [-0.25, -0.2) is 15.0 Å². The highest BCUT2D eigenvalue weighted by molar-refractivity contribution is 6.00. The van der Waals surface area contributed by atoms with Gasteiger partial charge in [-0.15, -0.1) is 0 Å². The molecule has 128 valence electrons. The highest BCUT2D eigenvalue weighted by Gasteiger charge is 2.14. The van der Waals surface area contributed by atoms with E-state index in [1.165, 1.54) is 6.08 Å². The van der Waals surface area contributed by atoms with E-state index in [0.717, 1.165) is 23.1 Å². The molecular formula is C19H21N5O. The summed E-state index contributed by atoms with van der Waals surface area (Å²) in [6.45, 7) is 9.99. The normalized spacial score (nSPS) is 11.5. The molecule has 25 heavy (non-hydrogen) atoms. The maximum absolute atomic E-state index is 11.4. The van der Waals surface area contributed by atoms with E-state index in [0.29, 0.717) is 11.6 Å². The van der Waals surface area contributed by atoms with Gasteiger partial charge in [0.25, 0.3) is 0 Å². The second kappa shape index (κ2) is 6.47. The molecule has 0 aliphatic heterocycles. The molecule has 0 unspecified atom stereocenters. The first-order valence-electron chi connectivity index (χ1n) is 8.08. The Balaban J connectivity index is 1.95. The molecule has 0 fully saturated rings. The van der Waals surface area contributed by atoms with E-state index >= 15 is 0 Å². The van der Waals surface area contributed by atoms with Crippen molar-refractivity contribution >= 4 is 22.6 Å². The lowest BCUT2D eigenvalue weighted by molar-refractivity contribution is -0.111. The summed E-state index contributed by atoms with van der Waals surface area (Å²) in [5.74, 6) is 0.337. The van der Waals surface area contributed by atoms with Crippen molar-refractivity contribution in [3.8, 4) is 5.95 Å². The second-order valence-electron chi connectivity index (χ2n) is 7.10. The van der Waals surface area contributed by atoms with Gasteiger partial charge in [-0.05, 0) is 42.2 Å². The third-order valence-corrected chi connectivity index (χ3v) is 3.63. The smallest absolute Gasteiger partial charge is 0.247 e. The first-order chi connectivity index (χ1) is 11.9. The van der Waals surface area contributed by atoms with Crippen molar-refractivity contribution in [3.63, 3.8) is 0 Å². The lowest BCUT2D eigenvalue weighted by Crippen LogP contribution is -2.12. The SMILES string of the molecule is C=CC(=O)Nc1ccc2c(c1)ncn2-c1nccc(CC(C)(C)C)n1. The molecule has 1 N–H and O–H groups in total. The van der Waals surface area contributed by atoms with E-state index in [4.69, 9.17) is 0 Å². The third kappa shape index (κ3) is 3.91. The molecular weight excluding hydrogens is 314 g/mol. The molecule has 6 heteroatoms. The summed E-state index contributed by atoms with van der Waals surface area (Å²) >= 11 is 0. The molecule has 2 aromatic heterocycles. The Hall–Kier alpha value is -3.02. The number of anilines is 1. The predicted molar refractivity (Wildman–Crippen MR) is 98.6 cm³/mol. The average molecular weight is 335 g/mol. The van der Waals surface area contributed by atoms with Gasteiger partial charge < -0.3 is 5.32 Å². The summed E-state index contributed by atoms with van der Waals surface area (Å²) < 4.78 is 1.85. The molecule has 3 rings (SSSR count). The number of aromatic nitrogens is 4. The molecule has 0 aliphatic carbocycles. The van der Waals surface area contributed by atoms with Crippen LogP contribution >= 0.6 is 0 Å². The summed E-state index contributed by atoms with van der Waals surface area (Å²) in [6, 6.07) is 7.46. The Labute approximate surface area is 146 Å². The predicted octanol–water partition coefficient (Wildman–Crippen LogP) is 3.53. The zero-order valence-electron chi connectivity index (χ0n) is 14.7. The summed E-state index contributed by atoms with van der Waals surface area (Å²) in [6.07, 6.45) is 5.57. The van der Waals surface area contributed by atoms with Crippen molar-refractivity contribution in [2.24, 2.45) is 5.41 Å². The number of hydrogen-bond donors (Lipinski definition) is 1. The Morgan fingerprint density at radius 1 is 1.28 bits per heavy atom. The lowest BCUT2D eigenvalue weighted by Gasteiger charge is -2.17. The van der Waals surface area contributed by atoms with Crippen LogP contribution in [0.5, 0.6) is 0 Å². The number of carbonyl (C=O) groups excluding carboxylic acids is 1. The van der Waals surface area contributed by atoms with Crippen molar-refractivity contribution in [2.75, 3.05) is 5.32 Å². The number of nitrogens with one attached hydrogen (secondary N) is 1. The second-order valence-corrected chi connectivity index (χ2v) is 7.10. The standard InChI is InChI=1S/C19H21N5O/c1-5-17(25)22-13-6-7-16-15(10-13)21-12-24(16)18-20-9-8-14(23-18)11-19(2,3)4/h5-10,12H,1,11H2,2-4H3,(H,22,25). The minimum absolute atomic E-state index is 0.154. The van der Waals surface area contributed by atoms with Crippen molar-refractivity contribution in [1.82, 2.24) is 19.5 Å². The maximum atomic E-state index is 11.4. The van der Waals surface area contributed by atoms with Crippen molar-refractivity contribution in [2.45, 2.75) is 27.2 Å². The molecule has 3 aromatic rings. The van der Waals surface area contributed by atoms with Crippen LogP contribution in [0.1, 0.15) is 26.5 Å². The van der Waals surface area contributed by atoms with Crippen LogP contribution in [0.2, 0.25) is 0 Å². The van der Waals surface area contributed by atoms with Crippen LogP contribution < -0.4 is 5.32 Å². The monoisotopic (exact) mass is 335 g/mol. The number of benzene rings is 1. The van der Waals surface area contributed by atoms with E-state index in [2.05, 4.69) is 47.6 Å². The zero-order chi connectivity index (χ0) is 18.0. The van der Waals surface area contributed by atoms with Crippen molar-refractivity contribution < 1.29 is 4.79 Å². The fourth-order valence-electron chi connectivity index (χ4n) is 2.59. The van der Waals surface area contributed by atoms with E-state index in [1.54, 1.807) is 12.5 Å². The Morgan fingerprint density at radius 3 is 2.80 bits per heavy atom. The minimum atomic E-state index is -0.253. The molecule has 1 amide bonds. The van der Waals surface area contributed by atoms with Gasteiger partial charge in [-0.3, -0.25) is 9.36 Å². The van der Waals surface area contributed by atoms with Crippen LogP contribution in [0, 0.1) is 5.41 Å². The van der Waals surface area contributed by atoms with Gasteiger partial charge in [-0.1, -0.05) is 27.4 Å². The highest BCUT2D eigenvalue weighted by atomic mass is 16.1. The molecule has 0 atom stereocenters. The van der Waals surface area contributed by atoms with Crippen LogP contribution in [-0.2, 0) is 11.2 Å². The number of imidazole rings is 1. The molecule has 0 spiro atoms. The van der Waals surface area contributed by atoms with E-state index in [9.17, 15) is 4.79 Å². The van der Waals surface area contributed by atoms with Crippen LogP contribution in [-0.4, -0.2) is 25.4 Å². The molecule has 0 saturated carbocycles. The van der Waals surface area contributed by atoms with Gasteiger partial charge in [-0.2, -0.15) is 0 Å². The van der Waals surface area contributed by atoms with Crippen LogP contribution in [0.15, 0.2) is 49.4 Å². The maximum Gasteiger partial charge on any atom is 0.247 e. The van der Waals surface area contributed by atoms with Gasteiger partial charge >= 0.3 is 0 Å². The van der Waals surface area contributed by atoms with Gasteiger partial charge in [0.2, 0.25) is 11.9 Å². The molecule has 0 aliphatic rings. The largest absolute Gasteiger partial charge is 0.322 e. The number of fused-ring (bicyclic) bond motifs is 1. The molecule has 6 nitrogen and oxygen atoms in total. The average Bonchev–Trinajstić information content (AvgIpc) is 2.96. The number of rotatable bonds is 4. The lowest BCUT2D eigenvalue weighted by atomic mass is 9.90. The zero-order valence-corrected chi connectivity index (χ0v) is 14.7. The fraction of sp³-hybridized carbons (Fsp3) is 0.263. The number of amides is 1. The van der Waals surface area contributed by atoms with Gasteiger partial charge in [0.15, 0.2) is 0 Å². The Bertz CT molecular complexity index is 936. The quantitative estimate of drug-likeness (QED) is 0.740. The van der Waals surface area contributed by atoms with Crippen molar-refractivity contribution in [1.29, 1.82) is 0 Å². The van der Waals surface area contributed by atoms with Crippen LogP contribution in [0.4, 0.5) is 5.69 Å². The Morgan fingerprint density at radius 2 is 2.08 bits per heavy atom. The number of carbonyl (C=O) groups is 1. The summed E-state index contributed by atoms with van der Waals surface area (Å²) in [4.78, 5) is 24.9. The number of hydrogen-bond acceptors (Lipinski definition) is 4. The van der Waals surface area contributed by atoms with Crippen LogP contribution in [0.25, 0.3) is 17.0 Å². The fourth-order valence-corrected chi connectivity index (χ4v) is 2.59. The van der Waals surface area contributed by atoms with Crippen molar-refractivity contribution in [3.05, 3.63) is 55.1 Å². The van der Waals surface area contributed by atoms with Gasteiger partial charge in [0.1, 0.15) is 6.33 Å². The molecule has 2 heterocycles. The van der Waals surface area contributed by atoms with E-state index in [-0.39, 0.29) is 11.3 Å². The van der Waals surface area contributed by atoms with Gasteiger partial charge in [0.05, 0.1) is 11.0 Å². The summed E-state index contributed by atoms with van der Waals surface area (Å²) in [5.41, 5.74) is 3.46. The first kappa shape index (κ1) is 16.8. The third-order valence-electron chi connectivity index (χ3n) is 3.63. The Kier molecular flexibility index (Phi) is 4.35. The highest BCUT2D eigenvalue weighted by Crippen LogP contribution is 2.22. The van der Waals surface area contributed by atoms with Crippen LogP contribution in [0.3, 0.4) is 0 Å². The number of nitrogens with zero attached hydrogens (tertiary/aromatic N) is 4. The van der Waals surface area contributed by atoms with E-state index < -0.39 is 0 Å². The van der Waals surface area contributed by atoms with Gasteiger partial charge in [0, 0.05) is 17.6 Å².